The van der Waals surface area contributed by atoms with Gasteiger partial charge in [-0.1, -0.05) is 25.3 Å². The molecule has 8 heteroatoms. The molecule has 2 aliphatic carbocycles. The number of carbonyl (C=O) groups excluding carboxylic acids is 1. The fourth-order valence-electron chi connectivity index (χ4n) is 4.39. The highest BCUT2D eigenvalue weighted by Gasteiger charge is 2.32. The van der Waals surface area contributed by atoms with Crippen molar-refractivity contribution < 1.29 is 18.0 Å². The SMILES string of the molecule is CN1CCN(c2csc3cc(C(F)(F)F)ccc23)CC1.O=C(NC1CCCCC1)C1CC1. The number of amides is 1. The number of thiophene rings is 1. The van der Waals surface area contributed by atoms with Gasteiger partial charge in [-0.05, 0) is 44.9 Å². The van der Waals surface area contributed by atoms with Crippen LogP contribution in [-0.2, 0) is 11.0 Å². The Bertz CT molecular complexity index is 911. The molecule has 1 amide bonds. The molecule has 0 spiro atoms. The van der Waals surface area contributed by atoms with Crippen molar-refractivity contribution in [2.45, 2.75) is 57.2 Å². The largest absolute Gasteiger partial charge is 0.416 e. The molecule has 0 unspecified atom stereocenters. The lowest BCUT2D eigenvalue weighted by molar-refractivity contribution is -0.137. The first-order valence-corrected chi connectivity index (χ1v) is 12.5. The lowest BCUT2D eigenvalue weighted by Crippen LogP contribution is -2.44. The van der Waals surface area contributed by atoms with Gasteiger partial charge in [-0.2, -0.15) is 13.2 Å². The van der Waals surface area contributed by atoms with Crippen molar-refractivity contribution in [1.29, 1.82) is 0 Å². The van der Waals surface area contributed by atoms with Gasteiger partial charge in [0.2, 0.25) is 5.91 Å². The number of halogens is 3. The van der Waals surface area contributed by atoms with Gasteiger partial charge in [0.05, 0.1) is 11.3 Å². The van der Waals surface area contributed by atoms with Crippen molar-refractivity contribution in [3.05, 3.63) is 29.1 Å². The zero-order valence-electron chi connectivity index (χ0n) is 18.6. The second-order valence-electron chi connectivity index (χ2n) is 9.24. The summed E-state index contributed by atoms with van der Waals surface area (Å²) in [7, 11) is 2.08. The number of rotatable bonds is 3. The molecule has 32 heavy (non-hydrogen) atoms. The number of anilines is 1. The van der Waals surface area contributed by atoms with Gasteiger partial charge in [-0.25, -0.2) is 0 Å². The van der Waals surface area contributed by atoms with E-state index in [4.69, 9.17) is 0 Å². The van der Waals surface area contributed by atoms with E-state index >= 15 is 0 Å². The van der Waals surface area contributed by atoms with E-state index in [1.54, 1.807) is 6.07 Å². The van der Waals surface area contributed by atoms with Crippen LogP contribution in [0.4, 0.5) is 18.9 Å². The van der Waals surface area contributed by atoms with Gasteiger partial charge in [0.15, 0.2) is 0 Å². The van der Waals surface area contributed by atoms with E-state index in [1.807, 2.05) is 5.38 Å². The number of nitrogens with zero attached hydrogens (tertiary/aromatic N) is 2. The molecule has 1 aromatic carbocycles. The standard InChI is InChI=1S/C14H15F3N2S.C10H17NO/c1-18-4-6-19(7-5-18)12-9-20-13-8-10(14(15,16)17)2-3-11(12)13;12-10(8-6-7-8)11-9-4-2-1-3-5-9/h2-3,8-9H,4-7H2,1H3;8-9H,1-7H2,(H,11,12). The summed E-state index contributed by atoms with van der Waals surface area (Å²) >= 11 is 1.38. The molecule has 2 heterocycles. The van der Waals surface area contributed by atoms with Crippen molar-refractivity contribution in [1.82, 2.24) is 10.2 Å². The van der Waals surface area contributed by atoms with Gasteiger partial charge in [-0.15, -0.1) is 11.3 Å². The number of benzene rings is 1. The van der Waals surface area contributed by atoms with E-state index < -0.39 is 11.7 Å². The van der Waals surface area contributed by atoms with E-state index in [1.165, 1.54) is 55.6 Å². The van der Waals surface area contributed by atoms with E-state index in [9.17, 15) is 18.0 Å². The summed E-state index contributed by atoms with van der Waals surface area (Å²) in [5.74, 6) is 0.703. The third-order valence-corrected chi connectivity index (χ3v) is 7.56. The molecule has 1 saturated heterocycles. The molecule has 0 atom stereocenters. The highest BCUT2D eigenvalue weighted by molar-refractivity contribution is 7.17. The second-order valence-corrected chi connectivity index (χ2v) is 10.1. The third-order valence-electron chi connectivity index (χ3n) is 6.63. The molecule has 0 radical (unpaired) electrons. The Morgan fingerprint density at radius 3 is 2.34 bits per heavy atom. The predicted octanol–water partition coefficient (Wildman–Crippen LogP) is 5.52. The van der Waals surface area contributed by atoms with Crippen LogP contribution in [0.5, 0.6) is 0 Å². The highest BCUT2D eigenvalue weighted by atomic mass is 32.1. The van der Waals surface area contributed by atoms with E-state index in [2.05, 4.69) is 22.2 Å². The molecule has 1 aromatic heterocycles. The summed E-state index contributed by atoms with van der Waals surface area (Å²) in [6.07, 6.45) is 4.35. The Hall–Kier alpha value is -1.80. The number of carbonyl (C=O) groups is 1. The summed E-state index contributed by atoms with van der Waals surface area (Å²) in [5, 5.41) is 6.03. The van der Waals surface area contributed by atoms with Crippen molar-refractivity contribution in [2.75, 3.05) is 38.1 Å². The zero-order chi connectivity index (χ0) is 22.7. The smallest absolute Gasteiger partial charge is 0.368 e. The molecular formula is C24H32F3N3OS. The number of alkyl halides is 3. The van der Waals surface area contributed by atoms with E-state index in [0.717, 1.165) is 50.1 Å². The monoisotopic (exact) mass is 467 g/mol. The summed E-state index contributed by atoms with van der Waals surface area (Å²) in [6, 6.07) is 4.53. The molecule has 1 aliphatic heterocycles. The van der Waals surface area contributed by atoms with Gasteiger partial charge in [-0.3, -0.25) is 4.79 Å². The van der Waals surface area contributed by atoms with Gasteiger partial charge in [0.1, 0.15) is 0 Å². The van der Waals surface area contributed by atoms with Gasteiger partial charge in [0.25, 0.3) is 0 Å². The minimum atomic E-state index is -4.27. The van der Waals surface area contributed by atoms with Crippen LogP contribution in [0.25, 0.3) is 10.1 Å². The first-order chi connectivity index (χ1) is 15.3. The molecule has 3 fully saturated rings. The first kappa shape index (κ1) is 23.4. The molecule has 176 valence electrons. The van der Waals surface area contributed by atoms with E-state index in [-0.39, 0.29) is 0 Å². The van der Waals surface area contributed by atoms with Crippen molar-refractivity contribution >= 4 is 33.0 Å². The quantitative estimate of drug-likeness (QED) is 0.646. The van der Waals surface area contributed by atoms with Crippen LogP contribution < -0.4 is 10.2 Å². The molecule has 2 saturated carbocycles. The summed E-state index contributed by atoms with van der Waals surface area (Å²) in [5.41, 5.74) is 0.489. The van der Waals surface area contributed by atoms with Crippen LogP contribution in [0.15, 0.2) is 23.6 Å². The molecule has 4 nitrogen and oxygen atoms in total. The summed E-state index contributed by atoms with van der Waals surface area (Å²) < 4.78 is 38.8. The fraction of sp³-hybridized carbons (Fsp3) is 0.625. The van der Waals surface area contributed by atoms with Crippen molar-refractivity contribution in [3.8, 4) is 0 Å². The van der Waals surface area contributed by atoms with Crippen molar-refractivity contribution in [3.63, 3.8) is 0 Å². The normalized spacial score (nSPS) is 20.7. The third kappa shape index (κ3) is 5.95. The zero-order valence-corrected chi connectivity index (χ0v) is 19.4. The predicted molar refractivity (Wildman–Crippen MR) is 124 cm³/mol. The first-order valence-electron chi connectivity index (χ1n) is 11.6. The number of fused-ring (bicyclic) bond motifs is 1. The minimum Gasteiger partial charge on any atom is -0.368 e. The van der Waals surface area contributed by atoms with Crippen LogP contribution >= 0.6 is 11.3 Å². The lowest BCUT2D eigenvalue weighted by Gasteiger charge is -2.33. The fourth-order valence-corrected chi connectivity index (χ4v) is 5.40. The number of piperazine rings is 1. The van der Waals surface area contributed by atoms with E-state index in [0.29, 0.717) is 22.6 Å². The average molecular weight is 468 g/mol. The molecule has 0 bridgehead atoms. The van der Waals surface area contributed by atoms with Crippen LogP contribution in [0.3, 0.4) is 0 Å². The van der Waals surface area contributed by atoms with Crippen LogP contribution in [0.2, 0.25) is 0 Å². The maximum atomic E-state index is 12.7. The summed E-state index contributed by atoms with van der Waals surface area (Å²) in [4.78, 5) is 15.9. The lowest BCUT2D eigenvalue weighted by atomic mass is 9.95. The maximum Gasteiger partial charge on any atom is 0.416 e. The molecule has 2 aromatic rings. The molecule has 1 N–H and O–H groups in total. The number of likely N-dealkylation sites (N-methyl/N-ethyl adjacent to an activating group) is 1. The van der Waals surface area contributed by atoms with Gasteiger partial charge < -0.3 is 15.1 Å². The topological polar surface area (TPSA) is 35.6 Å². The summed E-state index contributed by atoms with van der Waals surface area (Å²) in [6.45, 7) is 3.81. The Morgan fingerprint density at radius 1 is 1.03 bits per heavy atom. The maximum absolute atomic E-state index is 12.7. The Balaban J connectivity index is 0.000000174. The Kier molecular flexibility index (Phi) is 7.30. The Morgan fingerprint density at radius 2 is 1.72 bits per heavy atom. The van der Waals surface area contributed by atoms with Crippen molar-refractivity contribution in [2.24, 2.45) is 5.92 Å². The van der Waals surface area contributed by atoms with Crippen LogP contribution in [0.1, 0.15) is 50.5 Å². The van der Waals surface area contributed by atoms with Gasteiger partial charge in [0, 0.05) is 53.6 Å². The second kappa shape index (κ2) is 10.00. The average Bonchev–Trinajstić information content (AvgIpc) is 3.54. The highest BCUT2D eigenvalue weighted by Crippen LogP contribution is 2.38. The molecule has 3 aliphatic rings. The van der Waals surface area contributed by atoms with Crippen LogP contribution in [0, 0.1) is 5.92 Å². The van der Waals surface area contributed by atoms with Crippen LogP contribution in [-0.4, -0.2) is 50.1 Å². The minimum absolute atomic E-state index is 0.321. The molecule has 5 rings (SSSR count). The number of nitrogens with one attached hydrogen (secondary N) is 1. The molecular weight excluding hydrogens is 435 g/mol. The number of hydrogen-bond acceptors (Lipinski definition) is 4. The van der Waals surface area contributed by atoms with Gasteiger partial charge >= 0.3 is 6.18 Å². The number of hydrogen-bond donors (Lipinski definition) is 1. The Labute approximate surface area is 191 Å².